The summed E-state index contributed by atoms with van der Waals surface area (Å²) in [6, 6.07) is 13.6. The zero-order valence-corrected chi connectivity index (χ0v) is 18.8. The van der Waals surface area contributed by atoms with Crippen LogP contribution in [0.2, 0.25) is 0 Å². The fraction of sp³-hybridized carbons (Fsp3) is 0.174. The molecule has 4 aromatic rings. The van der Waals surface area contributed by atoms with Crippen molar-refractivity contribution in [3.05, 3.63) is 80.0 Å². The zero-order chi connectivity index (χ0) is 23.4. The number of nitro groups is 1. The van der Waals surface area contributed by atoms with E-state index in [1.807, 2.05) is 18.2 Å². The van der Waals surface area contributed by atoms with Gasteiger partial charge in [-0.3, -0.25) is 15.5 Å². The summed E-state index contributed by atoms with van der Waals surface area (Å²) in [4.78, 5) is 29.5. The normalized spacial score (nSPS) is 11.2. The Labute approximate surface area is 193 Å². The molecule has 0 aliphatic heterocycles. The Bertz CT molecular complexity index is 1370. The van der Waals surface area contributed by atoms with Gasteiger partial charge in [0.05, 0.1) is 22.4 Å². The van der Waals surface area contributed by atoms with Crippen molar-refractivity contribution in [2.75, 3.05) is 23.4 Å². The van der Waals surface area contributed by atoms with Gasteiger partial charge in [-0.25, -0.2) is 9.78 Å². The molecule has 2 aromatic carbocycles. The third kappa shape index (κ3) is 4.90. The third-order valence-corrected chi connectivity index (χ3v) is 5.85. The number of benzene rings is 2. The number of thiazole rings is 1. The van der Waals surface area contributed by atoms with Crippen molar-refractivity contribution < 1.29 is 9.34 Å². The van der Waals surface area contributed by atoms with Gasteiger partial charge in [0.25, 0.3) is 5.69 Å². The van der Waals surface area contributed by atoms with Crippen molar-refractivity contribution in [3.63, 3.8) is 0 Å². The van der Waals surface area contributed by atoms with Crippen molar-refractivity contribution in [1.29, 1.82) is 0 Å². The van der Waals surface area contributed by atoms with E-state index >= 15 is 0 Å². The van der Waals surface area contributed by atoms with Crippen LogP contribution < -0.4 is 16.0 Å². The number of aromatic nitrogens is 1. The molecule has 0 radical (unpaired) electrons. The first kappa shape index (κ1) is 22.2. The molecule has 0 unspecified atom stereocenters. The van der Waals surface area contributed by atoms with E-state index in [2.05, 4.69) is 34.3 Å². The monoisotopic (exact) mass is 463 g/mol. The Kier molecular flexibility index (Phi) is 6.45. The first-order valence-electron chi connectivity index (χ1n) is 10.3. The fourth-order valence-corrected chi connectivity index (χ4v) is 4.02. The zero-order valence-electron chi connectivity index (χ0n) is 18.0. The molecule has 0 fully saturated rings. The van der Waals surface area contributed by atoms with Crippen molar-refractivity contribution in [3.8, 4) is 11.3 Å². The van der Waals surface area contributed by atoms with Crippen LogP contribution in [0.15, 0.2) is 68.2 Å². The molecule has 168 valence electrons. The Morgan fingerprint density at radius 2 is 1.94 bits per heavy atom. The first-order valence-corrected chi connectivity index (χ1v) is 11.2. The molecule has 4 rings (SSSR count). The number of nitro benzene ring substituents is 1. The highest BCUT2D eigenvalue weighted by Gasteiger charge is 2.13. The van der Waals surface area contributed by atoms with Crippen molar-refractivity contribution in [2.45, 2.75) is 13.8 Å². The number of hydrogen-bond acceptors (Lipinski definition) is 9. The van der Waals surface area contributed by atoms with Crippen LogP contribution >= 0.6 is 11.3 Å². The summed E-state index contributed by atoms with van der Waals surface area (Å²) in [7, 11) is 0. The number of fused-ring (bicyclic) bond motifs is 1. The van der Waals surface area contributed by atoms with Gasteiger partial charge < -0.3 is 9.32 Å². The van der Waals surface area contributed by atoms with Gasteiger partial charge in [-0.2, -0.15) is 5.10 Å². The van der Waals surface area contributed by atoms with Gasteiger partial charge >= 0.3 is 5.63 Å². The third-order valence-electron chi connectivity index (χ3n) is 5.11. The summed E-state index contributed by atoms with van der Waals surface area (Å²) in [6.45, 7) is 5.89. The van der Waals surface area contributed by atoms with Crippen LogP contribution in [0.4, 0.5) is 16.5 Å². The molecule has 2 aromatic heterocycles. The lowest BCUT2D eigenvalue weighted by Gasteiger charge is -2.20. The maximum absolute atomic E-state index is 12.6. The number of non-ortho nitro benzene ring substituents is 1. The Balaban J connectivity index is 1.52. The van der Waals surface area contributed by atoms with Gasteiger partial charge in [0, 0.05) is 47.7 Å². The standard InChI is InChI=1S/C23H21N5O4S/c1-3-27(4-2)18-10-7-16-11-19(22(29)32-21(16)12-18)20-14-33-23(25-20)26-24-13-15-5-8-17(9-6-15)28(30)31/h5-14H,3-4H2,1-2H3,(H,25,26). The highest BCUT2D eigenvalue weighted by Crippen LogP contribution is 2.27. The Hall–Kier alpha value is -4.05. The molecule has 0 aliphatic carbocycles. The lowest BCUT2D eigenvalue weighted by Crippen LogP contribution is -2.21. The largest absolute Gasteiger partial charge is 0.422 e. The second-order valence-electron chi connectivity index (χ2n) is 7.10. The number of rotatable bonds is 8. The summed E-state index contributed by atoms with van der Waals surface area (Å²) >= 11 is 1.30. The van der Waals surface area contributed by atoms with E-state index < -0.39 is 10.5 Å². The number of hydrazone groups is 1. The molecule has 0 amide bonds. The molecule has 0 saturated heterocycles. The van der Waals surface area contributed by atoms with Crippen molar-refractivity contribution in [1.82, 2.24) is 4.98 Å². The predicted molar refractivity (Wildman–Crippen MR) is 131 cm³/mol. The van der Waals surface area contributed by atoms with Crippen LogP contribution in [0.5, 0.6) is 0 Å². The molecule has 33 heavy (non-hydrogen) atoms. The van der Waals surface area contributed by atoms with Gasteiger partial charge in [-0.15, -0.1) is 11.3 Å². The van der Waals surface area contributed by atoms with Crippen LogP contribution in [-0.2, 0) is 0 Å². The summed E-state index contributed by atoms with van der Waals surface area (Å²) in [5.74, 6) is 0. The van der Waals surface area contributed by atoms with Crippen LogP contribution in [0, 0.1) is 10.1 Å². The van der Waals surface area contributed by atoms with E-state index in [1.54, 1.807) is 23.6 Å². The molecule has 0 spiro atoms. The summed E-state index contributed by atoms with van der Waals surface area (Å²) in [5.41, 5.74) is 5.50. The lowest BCUT2D eigenvalue weighted by atomic mass is 10.1. The minimum Gasteiger partial charge on any atom is -0.422 e. The highest BCUT2D eigenvalue weighted by atomic mass is 32.1. The highest BCUT2D eigenvalue weighted by molar-refractivity contribution is 7.14. The molecule has 0 saturated carbocycles. The van der Waals surface area contributed by atoms with Crippen LogP contribution in [0.1, 0.15) is 19.4 Å². The van der Waals surface area contributed by atoms with Crippen molar-refractivity contribution >= 4 is 45.0 Å². The molecule has 9 nitrogen and oxygen atoms in total. The summed E-state index contributed by atoms with van der Waals surface area (Å²) in [5, 5.41) is 17.9. The molecule has 0 atom stereocenters. The smallest absolute Gasteiger partial charge is 0.345 e. The molecular weight excluding hydrogens is 442 g/mol. The average Bonchev–Trinajstić information content (AvgIpc) is 3.28. The average molecular weight is 464 g/mol. The maximum atomic E-state index is 12.6. The topological polar surface area (TPSA) is 114 Å². The van der Waals surface area contributed by atoms with Crippen molar-refractivity contribution in [2.24, 2.45) is 5.10 Å². The number of nitrogens with one attached hydrogen (secondary N) is 1. The molecule has 2 heterocycles. The summed E-state index contributed by atoms with van der Waals surface area (Å²) in [6.07, 6.45) is 1.53. The van der Waals surface area contributed by atoms with E-state index in [-0.39, 0.29) is 5.69 Å². The van der Waals surface area contributed by atoms with E-state index in [4.69, 9.17) is 4.42 Å². The van der Waals surface area contributed by atoms with Gasteiger partial charge in [-0.05, 0) is 49.7 Å². The Morgan fingerprint density at radius 3 is 2.64 bits per heavy atom. The quantitative estimate of drug-likeness (QED) is 0.167. The number of nitrogens with zero attached hydrogens (tertiary/aromatic N) is 4. The van der Waals surface area contributed by atoms with Gasteiger partial charge in [0.1, 0.15) is 5.58 Å². The molecule has 1 N–H and O–H groups in total. The first-order chi connectivity index (χ1) is 16.0. The second kappa shape index (κ2) is 9.61. The molecule has 10 heteroatoms. The van der Waals surface area contributed by atoms with E-state index in [9.17, 15) is 14.9 Å². The summed E-state index contributed by atoms with van der Waals surface area (Å²) < 4.78 is 5.59. The maximum Gasteiger partial charge on any atom is 0.345 e. The minimum atomic E-state index is -0.455. The predicted octanol–water partition coefficient (Wildman–Crippen LogP) is 5.12. The number of anilines is 2. The van der Waals surface area contributed by atoms with Crippen LogP contribution in [0.25, 0.3) is 22.2 Å². The van der Waals surface area contributed by atoms with Gasteiger partial charge in [0.15, 0.2) is 0 Å². The molecular formula is C23H21N5O4S. The van der Waals surface area contributed by atoms with Gasteiger partial charge in [-0.1, -0.05) is 0 Å². The van der Waals surface area contributed by atoms with Crippen LogP contribution in [-0.4, -0.2) is 29.2 Å². The minimum absolute atomic E-state index is 0.0168. The molecule has 0 bridgehead atoms. The number of hydrogen-bond donors (Lipinski definition) is 1. The van der Waals surface area contributed by atoms with E-state index in [0.717, 1.165) is 24.2 Å². The van der Waals surface area contributed by atoms with Crippen LogP contribution in [0.3, 0.4) is 0 Å². The second-order valence-corrected chi connectivity index (χ2v) is 7.96. The van der Waals surface area contributed by atoms with Gasteiger partial charge in [0.2, 0.25) is 5.13 Å². The SMILES string of the molecule is CCN(CC)c1ccc2cc(-c3csc(NN=Cc4ccc([N+](=O)[O-])cc4)n3)c(=O)oc2c1. The lowest BCUT2D eigenvalue weighted by molar-refractivity contribution is -0.384. The van der Waals surface area contributed by atoms with E-state index in [1.165, 1.54) is 29.7 Å². The Morgan fingerprint density at radius 1 is 1.18 bits per heavy atom. The fourth-order valence-electron chi connectivity index (χ4n) is 3.36. The van der Waals surface area contributed by atoms with E-state index in [0.29, 0.717) is 27.5 Å². The molecule has 0 aliphatic rings.